The van der Waals surface area contributed by atoms with Crippen LogP contribution in [0.25, 0.3) is 0 Å². The molecule has 0 saturated heterocycles. The van der Waals surface area contributed by atoms with Crippen LogP contribution in [0.5, 0.6) is 11.5 Å². The highest BCUT2D eigenvalue weighted by Crippen LogP contribution is 2.22. The summed E-state index contributed by atoms with van der Waals surface area (Å²) in [6.45, 7) is 2.46. The molecule has 0 aliphatic rings. The monoisotopic (exact) mass is 500 g/mol. The van der Waals surface area contributed by atoms with E-state index in [1.54, 1.807) is 60.7 Å². The summed E-state index contributed by atoms with van der Waals surface area (Å²) in [7, 11) is -4.01. The van der Waals surface area contributed by atoms with E-state index in [-0.39, 0.29) is 10.6 Å². The van der Waals surface area contributed by atoms with Crippen LogP contribution in [0.1, 0.15) is 27.0 Å². The SMILES string of the molecule is Cc1ccc(COc2ccc(C(=O)NN=Cc3ccccc3OS(=O)(=O)c3ccccc3)cc2)cc1. The summed E-state index contributed by atoms with van der Waals surface area (Å²) in [4.78, 5) is 12.5. The lowest BCUT2D eigenvalue weighted by Crippen LogP contribution is -2.17. The van der Waals surface area contributed by atoms with Crippen LogP contribution in [-0.4, -0.2) is 20.5 Å². The number of hydrogen-bond acceptors (Lipinski definition) is 6. The smallest absolute Gasteiger partial charge is 0.339 e. The number of nitrogens with zero attached hydrogens (tertiary/aromatic N) is 1. The fourth-order valence-electron chi connectivity index (χ4n) is 3.20. The highest BCUT2D eigenvalue weighted by atomic mass is 32.2. The minimum atomic E-state index is -4.01. The number of carbonyl (C=O) groups is 1. The van der Waals surface area contributed by atoms with Crippen LogP contribution in [0.2, 0.25) is 0 Å². The Bertz CT molecular complexity index is 1450. The van der Waals surface area contributed by atoms with Gasteiger partial charge in [0.15, 0.2) is 5.75 Å². The molecule has 0 saturated carbocycles. The molecule has 0 bridgehead atoms. The van der Waals surface area contributed by atoms with Crippen molar-refractivity contribution >= 4 is 22.2 Å². The van der Waals surface area contributed by atoms with Crippen molar-refractivity contribution in [3.05, 3.63) is 125 Å². The molecular formula is C28H24N2O5S. The normalized spacial score (nSPS) is 11.2. The Morgan fingerprint density at radius 1 is 0.861 bits per heavy atom. The maximum absolute atomic E-state index is 12.5. The van der Waals surface area contributed by atoms with Gasteiger partial charge in [0.05, 0.1) is 6.21 Å². The fourth-order valence-corrected chi connectivity index (χ4v) is 4.17. The molecule has 0 fully saturated rings. The third-order valence-electron chi connectivity index (χ3n) is 5.16. The third kappa shape index (κ3) is 6.58. The summed E-state index contributed by atoms with van der Waals surface area (Å²) in [6.07, 6.45) is 1.33. The van der Waals surface area contributed by atoms with E-state index in [4.69, 9.17) is 8.92 Å². The number of carbonyl (C=O) groups excluding carboxylic acids is 1. The van der Waals surface area contributed by atoms with Gasteiger partial charge in [0, 0.05) is 11.1 Å². The molecule has 7 nitrogen and oxygen atoms in total. The highest BCUT2D eigenvalue weighted by molar-refractivity contribution is 7.87. The molecule has 36 heavy (non-hydrogen) atoms. The number of hydrogen-bond donors (Lipinski definition) is 1. The molecule has 1 amide bonds. The van der Waals surface area contributed by atoms with Gasteiger partial charge in [0.2, 0.25) is 0 Å². The van der Waals surface area contributed by atoms with Crippen molar-refractivity contribution in [2.24, 2.45) is 5.10 Å². The average molecular weight is 501 g/mol. The maximum Gasteiger partial charge on any atom is 0.339 e. The molecule has 4 aromatic carbocycles. The summed E-state index contributed by atoms with van der Waals surface area (Å²) in [5.41, 5.74) is 5.46. The van der Waals surface area contributed by atoms with Crippen molar-refractivity contribution in [1.29, 1.82) is 0 Å². The van der Waals surface area contributed by atoms with Crippen LogP contribution in [0, 0.1) is 6.92 Å². The van der Waals surface area contributed by atoms with Gasteiger partial charge >= 0.3 is 10.1 Å². The van der Waals surface area contributed by atoms with E-state index in [1.807, 2.05) is 31.2 Å². The average Bonchev–Trinajstić information content (AvgIpc) is 2.90. The second-order valence-corrected chi connectivity index (χ2v) is 9.43. The van der Waals surface area contributed by atoms with Crippen molar-refractivity contribution in [1.82, 2.24) is 5.43 Å². The van der Waals surface area contributed by atoms with Gasteiger partial charge in [-0.2, -0.15) is 13.5 Å². The second kappa shape index (κ2) is 11.3. The van der Waals surface area contributed by atoms with Gasteiger partial charge in [0.1, 0.15) is 17.3 Å². The minimum Gasteiger partial charge on any atom is -0.489 e. The molecule has 0 spiro atoms. The van der Waals surface area contributed by atoms with Crippen LogP contribution < -0.4 is 14.3 Å². The van der Waals surface area contributed by atoms with E-state index >= 15 is 0 Å². The summed E-state index contributed by atoms with van der Waals surface area (Å²) in [6, 6.07) is 29.1. The number of ether oxygens (including phenoxy) is 1. The molecule has 4 rings (SSSR count). The third-order valence-corrected chi connectivity index (χ3v) is 6.41. The van der Waals surface area contributed by atoms with E-state index in [1.165, 1.54) is 30.0 Å². The lowest BCUT2D eigenvalue weighted by molar-refractivity contribution is 0.0955. The first-order valence-electron chi connectivity index (χ1n) is 11.1. The number of nitrogens with one attached hydrogen (secondary N) is 1. The Morgan fingerprint density at radius 3 is 2.25 bits per heavy atom. The summed E-state index contributed by atoms with van der Waals surface area (Å²) >= 11 is 0. The molecule has 4 aromatic rings. The van der Waals surface area contributed by atoms with Crippen molar-refractivity contribution in [2.75, 3.05) is 0 Å². The lowest BCUT2D eigenvalue weighted by Gasteiger charge is -2.09. The van der Waals surface area contributed by atoms with Crippen molar-refractivity contribution in [2.45, 2.75) is 18.4 Å². The van der Waals surface area contributed by atoms with Crippen molar-refractivity contribution in [3.63, 3.8) is 0 Å². The molecule has 0 aliphatic heterocycles. The van der Waals surface area contributed by atoms with Crippen molar-refractivity contribution in [3.8, 4) is 11.5 Å². The van der Waals surface area contributed by atoms with Crippen LogP contribution in [0.15, 0.2) is 113 Å². The molecule has 8 heteroatoms. The van der Waals surface area contributed by atoms with Gasteiger partial charge in [-0.3, -0.25) is 4.79 Å². The maximum atomic E-state index is 12.5. The Labute approximate surface area is 210 Å². The van der Waals surface area contributed by atoms with Crippen LogP contribution >= 0.6 is 0 Å². The number of benzene rings is 4. The zero-order chi connectivity index (χ0) is 25.4. The van der Waals surface area contributed by atoms with Crippen LogP contribution in [-0.2, 0) is 16.7 Å². The lowest BCUT2D eigenvalue weighted by atomic mass is 10.2. The Balaban J connectivity index is 1.36. The molecule has 1 N–H and O–H groups in total. The standard InChI is InChI=1S/C28H24N2O5S/c1-21-11-13-22(14-12-21)20-34-25-17-15-23(16-18-25)28(31)30-29-19-24-7-5-6-10-27(24)35-36(32,33)26-8-3-2-4-9-26/h2-19H,20H2,1H3,(H,30,31). The van der Waals surface area contributed by atoms with E-state index in [2.05, 4.69) is 10.5 Å². The van der Waals surface area contributed by atoms with E-state index in [0.717, 1.165) is 5.56 Å². The summed E-state index contributed by atoms with van der Waals surface area (Å²) in [5.74, 6) is 0.308. The zero-order valence-corrected chi connectivity index (χ0v) is 20.3. The predicted molar refractivity (Wildman–Crippen MR) is 138 cm³/mol. The Hall–Kier alpha value is -4.43. The van der Waals surface area contributed by atoms with Gasteiger partial charge in [-0.25, -0.2) is 5.43 Å². The van der Waals surface area contributed by atoms with E-state index in [0.29, 0.717) is 23.5 Å². The Morgan fingerprint density at radius 2 is 1.53 bits per heavy atom. The molecule has 0 unspecified atom stereocenters. The number of amides is 1. The largest absolute Gasteiger partial charge is 0.489 e. The first-order valence-corrected chi connectivity index (χ1v) is 12.5. The van der Waals surface area contributed by atoms with E-state index < -0.39 is 16.0 Å². The van der Waals surface area contributed by atoms with E-state index in [9.17, 15) is 13.2 Å². The fraction of sp³-hybridized carbons (Fsp3) is 0.0714. The van der Waals surface area contributed by atoms with Gasteiger partial charge < -0.3 is 8.92 Å². The molecule has 182 valence electrons. The first kappa shape index (κ1) is 24.7. The van der Waals surface area contributed by atoms with Crippen LogP contribution in [0.4, 0.5) is 0 Å². The molecule has 0 atom stereocenters. The second-order valence-electron chi connectivity index (χ2n) is 7.89. The van der Waals surface area contributed by atoms with Gasteiger partial charge in [0.25, 0.3) is 5.91 Å². The molecule has 0 radical (unpaired) electrons. The number of rotatable bonds is 9. The summed E-state index contributed by atoms with van der Waals surface area (Å²) < 4.78 is 36.1. The van der Waals surface area contributed by atoms with Crippen LogP contribution in [0.3, 0.4) is 0 Å². The molecule has 0 heterocycles. The van der Waals surface area contributed by atoms with Gasteiger partial charge in [-0.05, 0) is 61.0 Å². The zero-order valence-electron chi connectivity index (χ0n) is 19.5. The summed E-state index contributed by atoms with van der Waals surface area (Å²) in [5, 5.41) is 3.96. The van der Waals surface area contributed by atoms with Gasteiger partial charge in [-0.15, -0.1) is 0 Å². The molecular weight excluding hydrogens is 476 g/mol. The predicted octanol–water partition coefficient (Wildman–Crippen LogP) is 5.11. The number of para-hydroxylation sites is 1. The van der Waals surface area contributed by atoms with Gasteiger partial charge in [-0.1, -0.05) is 60.2 Å². The Kier molecular flexibility index (Phi) is 7.77. The highest BCUT2D eigenvalue weighted by Gasteiger charge is 2.17. The quantitative estimate of drug-likeness (QED) is 0.196. The number of aryl methyl sites for hydroxylation is 1. The van der Waals surface area contributed by atoms with Crippen molar-refractivity contribution < 1.29 is 22.1 Å². The topological polar surface area (TPSA) is 94.1 Å². The minimum absolute atomic E-state index is 0.0383. The first-order chi connectivity index (χ1) is 17.4. The molecule has 0 aliphatic carbocycles. The molecule has 0 aromatic heterocycles. The number of hydrazone groups is 1.